The van der Waals surface area contributed by atoms with Gasteiger partial charge in [0.15, 0.2) is 6.61 Å². The predicted molar refractivity (Wildman–Crippen MR) is 81.7 cm³/mol. The average Bonchev–Trinajstić information content (AvgIpc) is 2.55. The first kappa shape index (κ1) is 16.7. The maximum Gasteiger partial charge on any atom is 0.387 e. The van der Waals surface area contributed by atoms with E-state index in [1.165, 1.54) is 12.1 Å². The minimum atomic E-state index is -2.83. The van der Waals surface area contributed by atoms with Crippen LogP contribution >= 0.6 is 0 Å². The zero-order valence-electron chi connectivity index (χ0n) is 12.4. The van der Waals surface area contributed by atoms with Crippen molar-refractivity contribution >= 4 is 5.91 Å². The first-order chi connectivity index (χ1) is 11.1. The van der Waals surface area contributed by atoms with Gasteiger partial charge in [0, 0.05) is 6.54 Å². The Labute approximate surface area is 133 Å². The number of halogens is 2. The molecule has 1 amide bonds. The zero-order chi connectivity index (χ0) is 16.5. The summed E-state index contributed by atoms with van der Waals surface area (Å²) in [5, 5.41) is 2.73. The van der Waals surface area contributed by atoms with Crippen molar-refractivity contribution in [2.75, 3.05) is 13.2 Å². The molecule has 0 heterocycles. The number of rotatable bonds is 8. The maximum absolute atomic E-state index is 12.0. The molecule has 0 radical (unpaired) electrons. The van der Waals surface area contributed by atoms with Crippen LogP contribution in [0.1, 0.15) is 5.56 Å². The van der Waals surface area contributed by atoms with E-state index in [0.717, 1.165) is 5.56 Å². The first-order valence-electron chi connectivity index (χ1n) is 7.12. The Kier molecular flexibility index (Phi) is 6.35. The molecule has 0 aromatic heterocycles. The van der Waals surface area contributed by atoms with Crippen LogP contribution in [0, 0.1) is 0 Å². The molecule has 0 spiro atoms. The third-order valence-electron chi connectivity index (χ3n) is 3.00. The number of hydrogen-bond acceptors (Lipinski definition) is 3. The minimum absolute atomic E-state index is 0.0504. The quantitative estimate of drug-likeness (QED) is 0.813. The normalized spacial score (nSPS) is 10.4. The van der Waals surface area contributed by atoms with Crippen molar-refractivity contribution in [3.8, 4) is 11.5 Å². The maximum atomic E-state index is 12.0. The van der Waals surface area contributed by atoms with Crippen LogP contribution in [0.4, 0.5) is 8.78 Å². The van der Waals surface area contributed by atoms with E-state index in [0.29, 0.717) is 18.7 Å². The fourth-order valence-electron chi connectivity index (χ4n) is 1.90. The summed E-state index contributed by atoms with van der Waals surface area (Å²) in [7, 11) is 0. The molecule has 0 aliphatic carbocycles. The van der Waals surface area contributed by atoms with Gasteiger partial charge in [-0.15, -0.1) is 0 Å². The number of benzene rings is 2. The SMILES string of the molecule is O=C(COc1ccccc1)NCCc1ccc(OC(F)F)cc1. The Morgan fingerprint density at radius 1 is 1.00 bits per heavy atom. The molecule has 122 valence electrons. The molecule has 0 aliphatic heterocycles. The number of para-hydroxylation sites is 1. The summed E-state index contributed by atoms with van der Waals surface area (Å²) in [6, 6.07) is 15.4. The van der Waals surface area contributed by atoms with Gasteiger partial charge in [0.2, 0.25) is 0 Å². The third kappa shape index (κ3) is 6.34. The zero-order valence-corrected chi connectivity index (χ0v) is 12.4. The molecule has 2 rings (SSSR count). The summed E-state index contributed by atoms with van der Waals surface area (Å²) < 4.78 is 33.6. The molecule has 0 atom stereocenters. The molecular formula is C17H17F2NO3. The molecule has 0 fully saturated rings. The lowest BCUT2D eigenvalue weighted by Crippen LogP contribution is -2.30. The molecular weight excluding hydrogens is 304 g/mol. The van der Waals surface area contributed by atoms with Crippen LogP contribution in [0.2, 0.25) is 0 Å². The second-order valence-electron chi connectivity index (χ2n) is 4.72. The first-order valence-corrected chi connectivity index (χ1v) is 7.12. The largest absolute Gasteiger partial charge is 0.484 e. The average molecular weight is 321 g/mol. The number of ether oxygens (including phenoxy) is 2. The van der Waals surface area contributed by atoms with Crippen LogP contribution < -0.4 is 14.8 Å². The van der Waals surface area contributed by atoms with Gasteiger partial charge in [-0.05, 0) is 36.2 Å². The Morgan fingerprint density at radius 3 is 2.35 bits per heavy atom. The number of carbonyl (C=O) groups is 1. The van der Waals surface area contributed by atoms with E-state index in [1.54, 1.807) is 24.3 Å². The Hall–Kier alpha value is -2.63. The molecule has 0 saturated carbocycles. The molecule has 0 aliphatic rings. The highest BCUT2D eigenvalue weighted by Crippen LogP contribution is 2.15. The summed E-state index contributed by atoms with van der Waals surface area (Å²) >= 11 is 0. The van der Waals surface area contributed by atoms with Crippen molar-refractivity contribution in [3.63, 3.8) is 0 Å². The fourth-order valence-corrected chi connectivity index (χ4v) is 1.90. The summed E-state index contributed by atoms with van der Waals surface area (Å²) in [4.78, 5) is 11.6. The van der Waals surface area contributed by atoms with E-state index < -0.39 is 6.61 Å². The fraction of sp³-hybridized carbons (Fsp3) is 0.235. The second kappa shape index (κ2) is 8.73. The lowest BCUT2D eigenvalue weighted by atomic mass is 10.1. The van der Waals surface area contributed by atoms with Crippen LogP contribution in [0.3, 0.4) is 0 Å². The number of nitrogens with one attached hydrogen (secondary N) is 1. The van der Waals surface area contributed by atoms with Gasteiger partial charge < -0.3 is 14.8 Å². The molecule has 2 aromatic carbocycles. The highest BCUT2D eigenvalue weighted by molar-refractivity contribution is 5.77. The topological polar surface area (TPSA) is 47.6 Å². The molecule has 23 heavy (non-hydrogen) atoms. The monoisotopic (exact) mass is 321 g/mol. The summed E-state index contributed by atoms with van der Waals surface area (Å²) in [5.41, 5.74) is 0.913. The van der Waals surface area contributed by atoms with Gasteiger partial charge in [-0.3, -0.25) is 4.79 Å². The molecule has 0 bridgehead atoms. The number of alkyl halides is 2. The molecule has 6 heteroatoms. The molecule has 0 unspecified atom stereocenters. The van der Waals surface area contributed by atoms with Crippen LogP contribution in [-0.4, -0.2) is 25.7 Å². The van der Waals surface area contributed by atoms with Gasteiger partial charge in [-0.2, -0.15) is 8.78 Å². The van der Waals surface area contributed by atoms with Crippen molar-refractivity contribution in [3.05, 3.63) is 60.2 Å². The molecule has 4 nitrogen and oxygen atoms in total. The molecule has 1 N–H and O–H groups in total. The van der Waals surface area contributed by atoms with Crippen LogP contribution in [0.15, 0.2) is 54.6 Å². The van der Waals surface area contributed by atoms with E-state index in [2.05, 4.69) is 10.1 Å². The van der Waals surface area contributed by atoms with Crippen molar-refractivity contribution in [1.29, 1.82) is 0 Å². The Balaban J connectivity index is 1.67. The van der Waals surface area contributed by atoms with E-state index in [-0.39, 0.29) is 18.3 Å². The lowest BCUT2D eigenvalue weighted by molar-refractivity contribution is -0.123. The predicted octanol–water partition coefficient (Wildman–Crippen LogP) is 3.03. The lowest BCUT2D eigenvalue weighted by Gasteiger charge is -2.08. The summed E-state index contributed by atoms with van der Waals surface area (Å²) in [5.74, 6) is 0.535. The van der Waals surface area contributed by atoms with Crippen LogP contribution in [0.5, 0.6) is 11.5 Å². The van der Waals surface area contributed by atoms with E-state index in [4.69, 9.17) is 4.74 Å². The van der Waals surface area contributed by atoms with Gasteiger partial charge in [0.05, 0.1) is 0 Å². The van der Waals surface area contributed by atoms with Crippen molar-refractivity contribution in [2.45, 2.75) is 13.0 Å². The Bertz CT molecular complexity index is 603. The van der Waals surface area contributed by atoms with Gasteiger partial charge in [-0.1, -0.05) is 30.3 Å². The van der Waals surface area contributed by atoms with Gasteiger partial charge in [0.1, 0.15) is 11.5 Å². The molecule has 0 saturated heterocycles. The van der Waals surface area contributed by atoms with Gasteiger partial charge in [-0.25, -0.2) is 0 Å². The number of amides is 1. The Morgan fingerprint density at radius 2 is 1.70 bits per heavy atom. The number of carbonyl (C=O) groups excluding carboxylic acids is 1. The smallest absolute Gasteiger partial charge is 0.387 e. The van der Waals surface area contributed by atoms with E-state index in [9.17, 15) is 13.6 Å². The highest BCUT2D eigenvalue weighted by Gasteiger charge is 2.05. The summed E-state index contributed by atoms with van der Waals surface area (Å²) in [6.07, 6.45) is 0.589. The standard InChI is InChI=1S/C17H17F2NO3/c18-17(19)23-15-8-6-13(7-9-15)10-11-20-16(21)12-22-14-4-2-1-3-5-14/h1-9,17H,10-12H2,(H,20,21). The van der Waals surface area contributed by atoms with Crippen molar-refractivity contribution in [2.24, 2.45) is 0 Å². The van der Waals surface area contributed by atoms with Gasteiger partial charge in [0.25, 0.3) is 5.91 Å². The van der Waals surface area contributed by atoms with Crippen LogP contribution in [-0.2, 0) is 11.2 Å². The second-order valence-corrected chi connectivity index (χ2v) is 4.72. The van der Waals surface area contributed by atoms with E-state index in [1.807, 2.05) is 18.2 Å². The minimum Gasteiger partial charge on any atom is -0.484 e. The van der Waals surface area contributed by atoms with Crippen LogP contribution in [0.25, 0.3) is 0 Å². The molecule has 2 aromatic rings. The number of hydrogen-bond donors (Lipinski definition) is 1. The highest BCUT2D eigenvalue weighted by atomic mass is 19.3. The summed E-state index contributed by atoms with van der Waals surface area (Å²) in [6.45, 7) is -2.44. The van der Waals surface area contributed by atoms with Crippen molar-refractivity contribution in [1.82, 2.24) is 5.32 Å². The van der Waals surface area contributed by atoms with E-state index >= 15 is 0 Å². The van der Waals surface area contributed by atoms with Gasteiger partial charge >= 0.3 is 6.61 Å². The third-order valence-corrected chi connectivity index (χ3v) is 3.00. The van der Waals surface area contributed by atoms with Crippen molar-refractivity contribution < 1.29 is 23.0 Å².